The standard InChI is InChI=1S/C9H18N2O4/c1-4-6(10)8(14-3)7(9(13)15-4)11-5(2)12/h4,6-9,13H,10H2,1-3H3,(H,11,12)/t4-,6+,7+,8+,9+/m1/s1. The summed E-state index contributed by atoms with van der Waals surface area (Å²) < 4.78 is 10.4. The average Bonchev–Trinajstić information content (AvgIpc) is 2.14. The highest BCUT2D eigenvalue weighted by molar-refractivity contribution is 5.73. The van der Waals surface area contributed by atoms with E-state index in [0.717, 1.165) is 0 Å². The molecule has 1 aliphatic rings. The van der Waals surface area contributed by atoms with Gasteiger partial charge in [-0.2, -0.15) is 0 Å². The third-order valence-electron chi connectivity index (χ3n) is 2.58. The van der Waals surface area contributed by atoms with Gasteiger partial charge in [-0.05, 0) is 6.92 Å². The molecule has 1 heterocycles. The second-order valence-electron chi connectivity index (χ2n) is 3.74. The van der Waals surface area contributed by atoms with Crippen LogP contribution in [-0.4, -0.2) is 48.7 Å². The molecule has 1 aliphatic heterocycles. The van der Waals surface area contributed by atoms with Crippen molar-refractivity contribution in [2.45, 2.75) is 44.4 Å². The summed E-state index contributed by atoms with van der Waals surface area (Å²) in [6.45, 7) is 3.12. The molecule has 0 aromatic carbocycles. The van der Waals surface area contributed by atoms with Crippen LogP contribution in [0, 0.1) is 0 Å². The van der Waals surface area contributed by atoms with Gasteiger partial charge < -0.3 is 25.6 Å². The van der Waals surface area contributed by atoms with Crippen molar-refractivity contribution >= 4 is 5.91 Å². The summed E-state index contributed by atoms with van der Waals surface area (Å²) in [4.78, 5) is 10.9. The van der Waals surface area contributed by atoms with Crippen LogP contribution < -0.4 is 11.1 Å². The maximum absolute atomic E-state index is 10.9. The van der Waals surface area contributed by atoms with Crippen molar-refractivity contribution in [2.24, 2.45) is 5.73 Å². The highest BCUT2D eigenvalue weighted by atomic mass is 16.6. The van der Waals surface area contributed by atoms with Gasteiger partial charge >= 0.3 is 0 Å². The van der Waals surface area contributed by atoms with Crippen LogP contribution >= 0.6 is 0 Å². The quantitative estimate of drug-likeness (QED) is 0.528. The average molecular weight is 218 g/mol. The lowest BCUT2D eigenvalue weighted by Gasteiger charge is -2.42. The van der Waals surface area contributed by atoms with E-state index in [1.54, 1.807) is 6.92 Å². The minimum Gasteiger partial charge on any atom is -0.377 e. The van der Waals surface area contributed by atoms with Crippen molar-refractivity contribution in [3.05, 3.63) is 0 Å². The Morgan fingerprint density at radius 1 is 1.60 bits per heavy atom. The third kappa shape index (κ3) is 2.66. The molecule has 0 unspecified atom stereocenters. The van der Waals surface area contributed by atoms with Crippen LogP contribution in [-0.2, 0) is 14.3 Å². The topological polar surface area (TPSA) is 93.8 Å². The Morgan fingerprint density at radius 2 is 2.20 bits per heavy atom. The van der Waals surface area contributed by atoms with Gasteiger partial charge in [0.25, 0.3) is 0 Å². The molecule has 5 atom stereocenters. The first-order valence-corrected chi connectivity index (χ1v) is 4.86. The van der Waals surface area contributed by atoms with Crippen molar-refractivity contribution in [1.82, 2.24) is 5.32 Å². The van der Waals surface area contributed by atoms with Crippen LogP contribution in [0.25, 0.3) is 0 Å². The predicted octanol–water partition coefficient (Wildman–Crippen LogP) is -1.43. The molecule has 1 saturated heterocycles. The number of methoxy groups -OCH3 is 1. The van der Waals surface area contributed by atoms with E-state index in [2.05, 4.69) is 5.32 Å². The van der Waals surface area contributed by atoms with Gasteiger partial charge in [-0.15, -0.1) is 0 Å². The number of aliphatic hydroxyl groups excluding tert-OH is 1. The summed E-state index contributed by atoms with van der Waals surface area (Å²) in [7, 11) is 1.49. The number of rotatable bonds is 2. The highest BCUT2D eigenvalue weighted by Crippen LogP contribution is 2.20. The third-order valence-corrected chi connectivity index (χ3v) is 2.58. The van der Waals surface area contributed by atoms with Gasteiger partial charge in [0.2, 0.25) is 5.91 Å². The van der Waals surface area contributed by atoms with Crippen LogP contribution in [0.4, 0.5) is 0 Å². The number of ether oxygens (including phenoxy) is 2. The normalized spacial score (nSPS) is 41.3. The molecular formula is C9H18N2O4. The predicted molar refractivity (Wildman–Crippen MR) is 52.9 cm³/mol. The zero-order valence-corrected chi connectivity index (χ0v) is 9.14. The SMILES string of the molecule is CO[C@H]1[C@@H](N)[C@@H](C)O[C@H](O)[C@H]1NC(C)=O. The molecule has 0 saturated carbocycles. The maximum Gasteiger partial charge on any atom is 0.217 e. The molecule has 0 bridgehead atoms. The van der Waals surface area contributed by atoms with E-state index in [4.69, 9.17) is 15.2 Å². The number of amides is 1. The van der Waals surface area contributed by atoms with Crippen molar-refractivity contribution in [2.75, 3.05) is 7.11 Å². The van der Waals surface area contributed by atoms with E-state index in [-0.39, 0.29) is 18.1 Å². The molecule has 0 aliphatic carbocycles. The molecular weight excluding hydrogens is 200 g/mol. The summed E-state index contributed by atoms with van der Waals surface area (Å²) >= 11 is 0. The van der Waals surface area contributed by atoms with Gasteiger partial charge in [0.15, 0.2) is 6.29 Å². The van der Waals surface area contributed by atoms with Crippen LogP contribution in [0.2, 0.25) is 0 Å². The summed E-state index contributed by atoms with van der Waals surface area (Å²) in [5, 5.41) is 12.2. The molecule has 0 aromatic heterocycles. The Labute approximate surface area is 88.7 Å². The van der Waals surface area contributed by atoms with Crippen molar-refractivity contribution < 1.29 is 19.4 Å². The first-order chi connectivity index (χ1) is 6.97. The molecule has 0 spiro atoms. The zero-order chi connectivity index (χ0) is 11.6. The lowest BCUT2D eigenvalue weighted by molar-refractivity contribution is -0.214. The van der Waals surface area contributed by atoms with Gasteiger partial charge in [0.1, 0.15) is 6.04 Å². The number of carbonyl (C=O) groups is 1. The van der Waals surface area contributed by atoms with Crippen molar-refractivity contribution in [3.63, 3.8) is 0 Å². The van der Waals surface area contributed by atoms with Crippen LogP contribution in [0.3, 0.4) is 0 Å². The molecule has 4 N–H and O–H groups in total. The fourth-order valence-corrected chi connectivity index (χ4v) is 1.76. The number of aliphatic hydroxyl groups is 1. The zero-order valence-electron chi connectivity index (χ0n) is 9.14. The Balaban J connectivity index is 2.76. The Morgan fingerprint density at radius 3 is 2.67 bits per heavy atom. The first kappa shape index (κ1) is 12.4. The van der Waals surface area contributed by atoms with Crippen LogP contribution in [0.15, 0.2) is 0 Å². The number of hydrogen-bond donors (Lipinski definition) is 3. The van der Waals surface area contributed by atoms with E-state index in [0.29, 0.717) is 0 Å². The largest absolute Gasteiger partial charge is 0.377 e. The lowest BCUT2D eigenvalue weighted by atomic mass is 9.95. The molecule has 1 rings (SSSR count). The molecule has 0 radical (unpaired) electrons. The summed E-state index contributed by atoms with van der Waals surface area (Å²) in [5.41, 5.74) is 5.85. The maximum atomic E-state index is 10.9. The molecule has 88 valence electrons. The van der Waals surface area contributed by atoms with Gasteiger partial charge in [-0.25, -0.2) is 0 Å². The number of nitrogens with two attached hydrogens (primary N) is 1. The fraction of sp³-hybridized carbons (Fsp3) is 0.889. The number of nitrogens with one attached hydrogen (secondary N) is 1. The van der Waals surface area contributed by atoms with E-state index >= 15 is 0 Å². The minimum absolute atomic E-state index is 0.258. The van der Waals surface area contributed by atoms with Crippen molar-refractivity contribution in [3.8, 4) is 0 Å². The molecule has 1 fully saturated rings. The smallest absolute Gasteiger partial charge is 0.217 e. The van der Waals surface area contributed by atoms with Gasteiger partial charge in [-0.3, -0.25) is 4.79 Å². The van der Waals surface area contributed by atoms with Gasteiger partial charge in [-0.1, -0.05) is 0 Å². The Bertz CT molecular complexity index is 236. The second-order valence-corrected chi connectivity index (χ2v) is 3.74. The lowest BCUT2D eigenvalue weighted by Crippen LogP contribution is -2.65. The Kier molecular flexibility index (Phi) is 4.04. The van der Waals surface area contributed by atoms with Gasteiger partial charge in [0, 0.05) is 14.0 Å². The fourth-order valence-electron chi connectivity index (χ4n) is 1.76. The van der Waals surface area contributed by atoms with E-state index < -0.39 is 18.4 Å². The number of hydrogen-bond acceptors (Lipinski definition) is 5. The minimum atomic E-state index is -1.09. The van der Waals surface area contributed by atoms with Crippen molar-refractivity contribution in [1.29, 1.82) is 0 Å². The Hall–Kier alpha value is -0.690. The summed E-state index contributed by atoms with van der Waals surface area (Å²) in [6, 6.07) is -1.01. The first-order valence-electron chi connectivity index (χ1n) is 4.86. The second kappa shape index (κ2) is 4.89. The van der Waals surface area contributed by atoms with E-state index in [9.17, 15) is 9.90 Å². The molecule has 6 nitrogen and oxygen atoms in total. The van der Waals surface area contributed by atoms with E-state index in [1.165, 1.54) is 14.0 Å². The van der Waals surface area contributed by atoms with E-state index in [1.807, 2.05) is 0 Å². The summed E-state index contributed by atoms with van der Waals surface area (Å²) in [6.07, 6.45) is -1.85. The number of carbonyl (C=O) groups excluding carboxylic acids is 1. The highest BCUT2D eigenvalue weighted by Gasteiger charge is 2.42. The summed E-state index contributed by atoms with van der Waals surface area (Å²) in [5.74, 6) is -0.258. The van der Waals surface area contributed by atoms with Crippen LogP contribution in [0.1, 0.15) is 13.8 Å². The monoisotopic (exact) mass is 218 g/mol. The molecule has 0 aromatic rings. The molecule has 15 heavy (non-hydrogen) atoms. The van der Waals surface area contributed by atoms with Crippen LogP contribution in [0.5, 0.6) is 0 Å². The molecule has 1 amide bonds. The molecule has 6 heteroatoms. The van der Waals surface area contributed by atoms with Gasteiger partial charge in [0.05, 0.1) is 18.2 Å².